The molecule has 60 heavy (non-hydrogen) atoms. The van der Waals surface area contributed by atoms with Gasteiger partial charge in [0.1, 0.15) is 27.6 Å². The molecule has 330 valence electrons. The van der Waals surface area contributed by atoms with E-state index in [2.05, 4.69) is 139 Å². The lowest BCUT2D eigenvalue weighted by Crippen LogP contribution is -2.57. The van der Waals surface area contributed by atoms with Gasteiger partial charge in [-0.3, -0.25) is 24.6 Å². The van der Waals surface area contributed by atoms with Crippen LogP contribution in [0.1, 0.15) is 101 Å². The maximum absolute atomic E-state index is 12.7. The van der Waals surface area contributed by atoms with Crippen molar-refractivity contribution in [2.45, 2.75) is 113 Å². The van der Waals surface area contributed by atoms with Gasteiger partial charge in [-0.1, -0.05) is 15.9 Å². The first-order valence-electron chi connectivity index (χ1n) is 19.7. The average molecular weight is 1160 g/mol. The Balaban J connectivity index is 0.000000170. The maximum atomic E-state index is 12.7. The van der Waals surface area contributed by atoms with Crippen molar-refractivity contribution in [3.63, 3.8) is 0 Å². The zero-order chi connectivity index (χ0) is 42.8. The number of hydrogen-bond donors (Lipinski definition) is 3. The van der Waals surface area contributed by atoms with E-state index in [1.807, 2.05) is 30.6 Å². The highest BCUT2D eigenvalue weighted by molar-refractivity contribution is 9.11. The van der Waals surface area contributed by atoms with Gasteiger partial charge in [0.15, 0.2) is 11.9 Å². The molecule has 0 aliphatic carbocycles. The van der Waals surface area contributed by atoms with Crippen molar-refractivity contribution in [2.75, 3.05) is 32.7 Å². The molecule has 5 aliphatic rings. The zero-order valence-electron chi connectivity index (χ0n) is 34.8. The molecule has 8 heterocycles. The third kappa shape index (κ3) is 11.6. The Morgan fingerprint density at radius 3 is 1.98 bits per heavy atom. The number of nitrogens with zero attached hydrogens (tertiary/aromatic N) is 7. The van der Waals surface area contributed by atoms with Crippen molar-refractivity contribution in [1.82, 2.24) is 14.5 Å². The molecule has 0 saturated heterocycles. The van der Waals surface area contributed by atoms with Crippen LogP contribution >= 0.6 is 97.7 Å². The molecule has 0 saturated carbocycles. The monoisotopic (exact) mass is 1150 g/mol. The van der Waals surface area contributed by atoms with E-state index in [9.17, 15) is 4.21 Å². The molecule has 0 aromatic carbocycles. The lowest BCUT2D eigenvalue weighted by Gasteiger charge is -2.42. The number of alkyl halides is 1. The molecule has 0 amide bonds. The van der Waals surface area contributed by atoms with E-state index in [1.54, 1.807) is 34.0 Å². The van der Waals surface area contributed by atoms with Crippen LogP contribution in [0, 0.1) is 0 Å². The first kappa shape index (κ1) is 49.6. The average Bonchev–Trinajstić information content (AvgIpc) is 3.96. The van der Waals surface area contributed by atoms with Gasteiger partial charge in [0.05, 0.1) is 21.3 Å². The van der Waals surface area contributed by atoms with E-state index in [0.717, 1.165) is 89.9 Å². The summed E-state index contributed by atoms with van der Waals surface area (Å²) in [4.78, 5) is 31.1. The number of nitrogens with one attached hydrogen (secondary N) is 1. The molecule has 11 nitrogen and oxygen atoms in total. The highest BCUT2D eigenvalue weighted by Crippen LogP contribution is 2.43. The minimum absolute atomic E-state index is 0. The van der Waals surface area contributed by atoms with Crippen molar-refractivity contribution >= 4 is 138 Å². The summed E-state index contributed by atoms with van der Waals surface area (Å²) in [5, 5.41) is 6.24. The van der Waals surface area contributed by atoms with E-state index in [4.69, 9.17) is 21.5 Å². The zero-order valence-corrected chi connectivity index (χ0v) is 44.4. The van der Waals surface area contributed by atoms with Crippen molar-refractivity contribution in [1.29, 1.82) is 0 Å². The highest BCUT2D eigenvalue weighted by atomic mass is 79.9. The predicted octanol–water partition coefficient (Wildman–Crippen LogP) is 10.4. The van der Waals surface area contributed by atoms with Crippen LogP contribution in [0.5, 0.6) is 0 Å². The van der Waals surface area contributed by atoms with Crippen molar-refractivity contribution < 1.29 is 8.91 Å². The number of fused-ring (bicyclic) bond motifs is 2. The van der Waals surface area contributed by atoms with Crippen molar-refractivity contribution in [3.05, 3.63) is 62.4 Å². The minimum atomic E-state index is -1.12. The number of aliphatic imine (C=N–C) groups is 5. The molecular weight excluding hydrogens is 1100 g/mol. The van der Waals surface area contributed by atoms with E-state index in [-0.39, 0.29) is 25.4 Å². The third-order valence-corrected chi connectivity index (χ3v) is 19.5. The summed E-state index contributed by atoms with van der Waals surface area (Å²) in [6, 6.07) is 6.36. The molecule has 5 N–H and O–H groups in total. The number of guanidine groups is 2. The van der Waals surface area contributed by atoms with Crippen LogP contribution in [0.25, 0.3) is 0 Å². The molecule has 0 fully saturated rings. The van der Waals surface area contributed by atoms with Gasteiger partial charge in [-0.2, -0.15) is 0 Å². The number of amidine groups is 2. The van der Waals surface area contributed by atoms with E-state index in [0.29, 0.717) is 11.9 Å². The largest absolute Gasteiger partial charge is 0.369 e. The quantitative estimate of drug-likeness (QED) is 0.202. The maximum Gasteiger partial charge on any atom is 0.197 e. The fourth-order valence-electron chi connectivity index (χ4n) is 7.33. The summed E-state index contributed by atoms with van der Waals surface area (Å²) in [7, 11) is -1.12. The Hall–Kier alpha value is -1.39. The molecular formula is C40H55Br4FN10OS4. The molecule has 5 atom stereocenters. The van der Waals surface area contributed by atoms with Crippen LogP contribution in [-0.2, 0) is 27.6 Å². The van der Waals surface area contributed by atoms with Gasteiger partial charge in [-0.15, -0.1) is 34.0 Å². The molecule has 3 aromatic heterocycles. The van der Waals surface area contributed by atoms with E-state index < -0.39 is 16.5 Å². The second kappa shape index (κ2) is 20.6. The predicted molar refractivity (Wildman–Crippen MR) is 270 cm³/mol. The van der Waals surface area contributed by atoms with Crippen LogP contribution in [-0.4, -0.2) is 85.6 Å². The van der Waals surface area contributed by atoms with Gasteiger partial charge in [0.25, 0.3) is 0 Å². The van der Waals surface area contributed by atoms with Gasteiger partial charge in [-0.25, -0.2) is 18.9 Å². The number of hydrogen-bond acceptors (Lipinski definition) is 13. The Labute approximate surface area is 402 Å². The topological polar surface area (TPSA) is 149 Å². The van der Waals surface area contributed by atoms with Gasteiger partial charge in [0.2, 0.25) is 0 Å². The third-order valence-electron chi connectivity index (χ3n) is 10.6. The Bertz CT molecular complexity index is 2160. The lowest BCUT2D eigenvalue weighted by atomic mass is 9.91. The molecule has 3 aromatic rings. The van der Waals surface area contributed by atoms with Gasteiger partial charge in [-0.05, 0) is 140 Å². The molecule has 8 rings (SSSR count). The molecule has 2 unspecified atom stereocenters. The SMILES string of the molecule is CC(C)(C)S(=O)N[C@@](C)(CC1=NCCCC1)c1cc(Br)cs1.C[C@@]1(c2cc(Br)cs2)CC2=NCCCN2C(N)=N1.C[C@]1(c2cc(Br)cs2)N=C(N)N2CCCN=C2C1Br.F. The molecule has 0 spiro atoms. The Morgan fingerprint density at radius 2 is 1.40 bits per heavy atom. The number of nitrogens with two attached hydrogens (primary N) is 2. The number of halogens is 5. The van der Waals surface area contributed by atoms with Gasteiger partial charge >= 0.3 is 0 Å². The fourth-order valence-corrected chi connectivity index (χ4v) is 13.8. The van der Waals surface area contributed by atoms with Crippen LogP contribution in [0.3, 0.4) is 0 Å². The number of rotatable bonds is 7. The summed E-state index contributed by atoms with van der Waals surface area (Å²) in [5.41, 5.74) is 12.5. The molecule has 5 aliphatic heterocycles. The second-order valence-electron chi connectivity index (χ2n) is 16.7. The van der Waals surface area contributed by atoms with Crippen LogP contribution < -0.4 is 16.2 Å². The summed E-state index contributed by atoms with van der Waals surface area (Å²) in [5.74, 6) is 3.26. The van der Waals surface area contributed by atoms with Gasteiger partial charge in [0, 0.05) is 95.5 Å². The number of thiophene rings is 3. The highest BCUT2D eigenvalue weighted by Gasteiger charge is 2.46. The normalized spacial score (nSPS) is 25.4. The van der Waals surface area contributed by atoms with E-state index >= 15 is 0 Å². The first-order valence-corrected chi connectivity index (χ1v) is 26.8. The summed E-state index contributed by atoms with van der Waals surface area (Å²) in [6.07, 6.45) is 7.20. The Kier molecular flexibility index (Phi) is 17.1. The summed E-state index contributed by atoms with van der Waals surface area (Å²) in [6.45, 7) is 16.9. The summed E-state index contributed by atoms with van der Waals surface area (Å²) < 4.78 is 19.0. The standard InChI is InChI=1S/C16H25BrN2OS2.C12H14Br2N4S.C12H15BrN4S.FH/c1-15(2,3)22(20)19-16(4,14-9-12(17)11-21-14)10-13-7-5-6-8-18-13;1-12(8-5-7(13)6-19-8)9(14)10-16-3-2-4-18(10)11(15)17-12;1-12(9-5-8(13)7-18-9)6-10-15-3-2-4-17(10)11(14)16-12;/h9,11,19H,5-8,10H2,1-4H3;5-6,9H,2-4H2,1H3,(H2,15,17);5,7H,2-4,6H2,1H3,(H2,14,16);1H/t16-,22?;9?,12-;12-;/m010./s1. The smallest absolute Gasteiger partial charge is 0.197 e. The van der Waals surface area contributed by atoms with Crippen LogP contribution in [0.2, 0.25) is 0 Å². The molecule has 0 radical (unpaired) electrons. The lowest BCUT2D eigenvalue weighted by molar-refractivity contribution is 0.429. The van der Waals surface area contributed by atoms with Crippen LogP contribution in [0.15, 0.2) is 72.7 Å². The first-order chi connectivity index (χ1) is 27.8. The molecule has 0 bridgehead atoms. The van der Waals surface area contributed by atoms with Crippen molar-refractivity contribution in [3.8, 4) is 0 Å². The summed E-state index contributed by atoms with van der Waals surface area (Å²) >= 11 is 19.4. The van der Waals surface area contributed by atoms with Gasteiger partial charge < -0.3 is 16.4 Å². The van der Waals surface area contributed by atoms with Crippen molar-refractivity contribution in [2.24, 2.45) is 36.4 Å². The second-order valence-corrected chi connectivity index (χ2v) is 25.1. The minimum Gasteiger partial charge on any atom is -0.369 e. The van der Waals surface area contributed by atoms with E-state index in [1.165, 1.54) is 33.2 Å². The fraction of sp³-hybridized carbons (Fsp3) is 0.575. The van der Waals surface area contributed by atoms with Crippen LogP contribution in [0.4, 0.5) is 4.70 Å². The molecule has 20 heteroatoms. The Morgan fingerprint density at radius 1 is 0.817 bits per heavy atom.